The van der Waals surface area contributed by atoms with Crippen LogP contribution < -0.4 is 10.6 Å². The van der Waals surface area contributed by atoms with E-state index in [1.54, 1.807) is 0 Å². The Labute approximate surface area is 166 Å². The van der Waals surface area contributed by atoms with E-state index in [-0.39, 0.29) is 22.7 Å². The Morgan fingerprint density at radius 1 is 1.07 bits per heavy atom. The molecule has 0 spiro atoms. The highest BCUT2D eigenvalue weighted by Crippen LogP contribution is 2.21. The molecule has 3 aromatic rings. The molecule has 0 aliphatic rings. The monoisotopic (exact) mass is 425 g/mol. The van der Waals surface area contributed by atoms with Gasteiger partial charge in [0.2, 0.25) is 0 Å². The average molecular weight is 425 g/mol. The zero-order chi connectivity index (χ0) is 21.1. The van der Waals surface area contributed by atoms with Crippen LogP contribution in [0, 0.1) is 33.4 Å². The fourth-order valence-corrected chi connectivity index (χ4v) is 2.61. The number of nitro benzene ring substituents is 1. The topological polar surface area (TPSA) is 85.0 Å². The molecule has 0 saturated carbocycles. The smallest absolute Gasteiger partial charge is 0.269 e. The van der Waals surface area contributed by atoms with Crippen molar-refractivity contribution in [2.45, 2.75) is 6.54 Å². The number of nitro groups is 1. The minimum Gasteiger partial charge on any atom is -0.332 e. The van der Waals surface area contributed by atoms with Crippen LogP contribution in [0.2, 0.25) is 0 Å². The molecule has 2 N–H and O–H groups in total. The van der Waals surface area contributed by atoms with E-state index in [2.05, 4.69) is 15.7 Å². The minimum absolute atomic E-state index is 0.0820. The van der Waals surface area contributed by atoms with Crippen molar-refractivity contribution in [3.8, 4) is 0 Å². The molecule has 0 aliphatic carbocycles. The van der Waals surface area contributed by atoms with Gasteiger partial charge in [-0.3, -0.25) is 14.8 Å². The molecule has 0 aliphatic heterocycles. The van der Waals surface area contributed by atoms with Gasteiger partial charge in [0, 0.05) is 36.1 Å². The SMILES string of the molecule is O=[N+]([O-])c1ccc(NC(=S)Nc2ccn(Cc3c(F)c(F)cc(F)c3F)n2)cc1. The van der Waals surface area contributed by atoms with Gasteiger partial charge in [-0.15, -0.1) is 0 Å². The van der Waals surface area contributed by atoms with E-state index in [9.17, 15) is 27.7 Å². The van der Waals surface area contributed by atoms with Gasteiger partial charge >= 0.3 is 0 Å². The summed E-state index contributed by atoms with van der Waals surface area (Å²) < 4.78 is 55.2. The summed E-state index contributed by atoms with van der Waals surface area (Å²) in [6, 6.07) is 7.05. The fourth-order valence-electron chi connectivity index (χ4n) is 2.38. The summed E-state index contributed by atoms with van der Waals surface area (Å²) >= 11 is 5.09. The van der Waals surface area contributed by atoms with Gasteiger partial charge < -0.3 is 10.6 Å². The molecule has 12 heteroatoms. The molecule has 0 saturated heterocycles. The van der Waals surface area contributed by atoms with Crippen LogP contribution in [0.25, 0.3) is 0 Å². The second kappa shape index (κ2) is 8.22. The number of anilines is 2. The molecule has 150 valence electrons. The zero-order valence-corrected chi connectivity index (χ0v) is 15.1. The van der Waals surface area contributed by atoms with Gasteiger partial charge in [0.15, 0.2) is 34.2 Å². The van der Waals surface area contributed by atoms with Crippen LogP contribution in [0.5, 0.6) is 0 Å². The fraction of sp³-hybridized carbons (Fsp3) is 0.0588. The number of halogens is 4. The molecule has 0 atom stereocenters. The van der Waals surface area contributed by atoms with Crippen LogP contribution in [-0.2, 0) is 6.54 Å². The lowest BCUT2D eigenvalue weighted by Crippen LogP contribution is -2.19. The quantitative estimate of drug-likeness (QED) is 0.210. The number of non-ortho nitro benzene ring substituents is 1. The van der Waals surface area contributed by atoms with Crippen molar-refractivity contribution in [2.24, 2.45) is 0 Å². The number of thiocarbonyl (C=S) groups is 1. The van der Waals surface area contributed by atoms with Crippen molar-refractivity contribution in [1.82, 2.24) is 9.78 Å². The molecule has 29 heavy (non-hydrogen) atoms. The third kappa shape index (κ3) is 4.66. The first-order chi connectivity index (χ1) is 13.7. The molecule has 0 amide bonds. The highest BCUT2D eigenvalue weighted by molar-refractivity contribution is 7.80. The lowest BCUT2D eigenvalue weighted by Gasteiger charge is -2.09. The summed E-state index contributed by atoms with van der Waals surface area (Å²) in [6.45, 7) is -0.545. The van der Waals surface area contributed by atoms with Gasteiger partial charge in [0.05, 0.1) is 17.0 Å². The first kappa shape index (κ1) is 20.2. The predicted molar refractivity (Wildman–Crippen MR) is 101 cm³/mol. The van der Waals surface area contributed by atoms with Crippen LogP contribution in [0.15, 0.2) is 42.6 Å². The van der Waals surface area contributed by atoms with E-state index in [0.29, 0.717) is 5.69 Å². The summed E-state index contributed by atoms with van der Waals surface area (Å²) in [6.07, 6.45) is 1.33. The maximum absolute atomic E-state index is 13.8. The van der Waals surface area contributed by atoms with E-state index >= 15 is 0 Å². The number of nitrogens with one attached hydrogen (secondary N) is 2. The standard InChI is InChI=1S/C17H11F4N5O2S/c18-12-7-13(19)16(21)11(15(12)20)8-25-6-5-14(24-25)23-17(29)22-9-1-3-10(4-2-9)26(27)28/h1-7H,8H2,(H2,22,23,24,29). The zero-order valence-electron chi connectivity index (χ0n) is 14.3. The van der Waals surface area contributed by atoms with Crippen molar-refractivity contribution in [1.29, 1.82) is 0 Å². The van der Waals surface area contributed by atoms with Crippen LogP contribution in [0.4, 0.5) is 34.8 Å². The second-order valence-electron chi connectivity index (χ2n) is 5.73. The van der Waals surface area contributed by atoms with E-state index in [1.165, 1.54) is 36.5 Å². The van der Waals surface area contributed by atoms with Crippen LogP contribution in [0.1, 0.15) is 5.56 Å². The molecule has 1 heterocycles. The minimum atomic E-state index is -1.50. The Balaban J connectivity index is 1.66. The van der Waals surface area contributed by atoms with Gasteiger partial charge in [-0.2, -0.15) is 5.10 Å². The number of benzene rings is 2. The summed E-state index contributed by atoms with van der Waals surface area (Å²) in [5.74, 6) is -5.80. The Kier molecular flexibility index (Phi) is 5.73. The third-order valence-electron chi connectivity index (χ3n) is 3.74. The maximum Gasteiger partial charge on any atom is 0.269 e. The van der Waals surface area contributed by atoms with Gasteiger partial charge in [-0.25, -0.2) is 17.6 Å². The Morgan fingerprint density at radius 2 is 1.69 bits per heavy atom. The average Bonchev–Trinajstić information content (AvgIpc) is 3.11. The number of hydrogen-bond acceptors (Lipinski definition) is 4. The molecule has 0 radical (unpaired) electrons. The lowest BCUT2D eigenvalue weighted by molar-refractivity contribution is -0.384. The molecule has 0 unspecified atom stereocenters. The Bertz CT molecular complexity index is 1060. The Hall–Kier alpha value is -3.54. The van der Waals surface area contributed by atoms with Gasteiger partial charge in [0.1, 0.15) is 0 Å². The molecule has 0 bridgehead atoms. The van der Waals surface area contributed by atoms with E-state index in [1.807, 2.05) is 0 Å². The first-order valence-corrected chi connectivity index (χ1v) is 8.33. The Morgan fingerprint density at radius 3 is 2.28 bits per heavy atom. The third-order valence-corrected chi connectivity index (χ3v) is 3.95. The van der Waals surface area contributed by atoms with Crippen molar-refractivity contribution in [3.05, 3.63) is 81.5 Å². The number of rotatable bonds is 5. The van der Waals surface area contributed by atoms with Crippen molar-refractivity contribution in [3.63, 3.8) is 0 Å². The maximum atomic E-state index is 13.8. The lowest BCUT2D eigenvalue weighted by atomic mass is 10.2. The highest BCUT2D eigenvalue weighted by Gasteiger charge is 2.19. The molecule has 3 rings (SSSR count). The summed E-state index contributed by atoms with van der Waals surface area (Å²) in [7, 11) is 0. The van der Waals surface area contributed by atoms with E-state index in [0.717, 1.165) is 4.68 Å². The molecule has 1 aromatic heterocycles. The molecule has 2 aromatic carbocycles. The van der Waals surface area contributed by atoms with E-state index in [4.69, 9.17) is 12.2 Å². The number of aromatic nitrogens is 2. The van der Waals surface area contributed by atoms with Crippen LogP contribution in [-0.4, -0.2) is 19.8 Å². The van der Waals surface area contributed by atoms with Crippen LogP contribution >= 0.6 is 12.2 Å². The molecule has 7 nitrogen and oxygen atoms in total. The largest absolute Gasteiger partial charge is 0.332 e. The predicted octanol–water partition coefficient (Wildman–Crippen LogP) is 4.20. The summed E-state index contributed by atoms with van der Waals surface area (Å²) in [4.78, 5) is 10.1. The van der Waals surface area contributed by atoms with Crippen molar-refractivity contribution < 1.29 is 22.5 Å². The first-order valence-electron chi connectivity index (χ1n) is 7.92. The highest BCUT2D eigenvalue weighted by atomic mass is 32.1. The molecular formula is C17H11F4N5O2S. The second-order valence-corrected chi connectivity index (χ2v) is 6.14. The van der Waals surface area contributed by atoms with Crippen LogP contribution in [0.3, 0.4) is 0 Å². The van der Waals surface area contributed by atoms with Gasteiger partial charge in [-0.05, 0) is 24.4 Å². The van der Waals surface area contributed by atoms with Crippen molar-refractivity contribution in [2.75, 3.05) is 10.6 Å². The summed E-state index contributed by atoms with van der Waals surface area (Å²) in [5, 5.41) is 20.2. The number of hydrogen-bond donors (Lipinski definition) is 2. The molecular weight excluding hydrogens is 414 g/mol. The summed E-state index contributed by atoms with van der Waals surface area (Å²) in [5.41, 5.74) is -0.405. The van der Waals surface area contributed by atoms with E-state index < -0.39 is 40.3 Å². The molecule has 0 fully saturated rings. The van der Waals surface area contributed by atoms with Gasteiger partial charge in [-0.1, -0.05) is 0 Å². The van der Waals surface area contributed by atoms with Gasteiger partial charge in [0.25, 0.3) is 5.69 Å². The number of nitrogens with zero attached hydrogens (tertiary/aromatic N) is 3. The van der Waals surface area contributed by atoms with Crippen molar-refractivity contribution >= 4 is 34.5 Å². The normalized spacial score (nSPS) is 10.6.